The lowest BCUT2D eigenvalue weighted by Crippen LogP contribution is -2.11. The highest BCUT2D eigenvalue weighted by atomic mass is 35.5. The van der Waals surface area contributed by atoms with Gasteiger partial charge in [-0.15, -0.1) is 11.3 Å². The van der Waals surface area contributed by atoms with Crippen LogP contribution in [-0.4, -0.2) is 24.7 Å². The third-order valence-electron chi connectivity index (χ3n) is 2.57. The number of aliphatic hydroxyl groups is 1. The maximum absolute atomic E-state index is 12.2. The molecule has 1 aromatic carbocycles. The predicted molar refractivity (Wildman–Crippen MR) is 84.2 cm³/mol. The number of rotatable bonds is 3. The Morgan fingerprint density at radius 3 is 2.95 bits per heavy atom. The fourth-order valence-corrected chi connectivity index (χ4v) is 2.51. The zero-order chi connectivity index (χ0) is 15.2. The van der Waals surface area contributed by atoms with Crippen LogP contribution in [0.3, 0.4) is 0 Å². The van der Waals surface area contributed by atoms with Crippen molar-refractivity contribution in [2.75, 3.05) is 19.0 Å². The van der Waals surface area contributed by atoms with Gasteiger partial charge >= 0.3 is 0 Å². The molecule has 108 valence electrons. The maximum atomic E-state index is 12.2. The van der Waals surface area contributed by atoms with E-state index in [0.29, 0.717) is 26.9 Å². The fraction of sp³-hybridized carbons (Fsp3) is 0.133. The summed E-state index contributed by atoms with van der Waals surface area (Å²) in [4.78, 5) is 12.7. The summed E-state index contributed by atoms with van der Waals surface area (Å²) in [5.74, 6) is 5.68. The molecule has 4 nitrogen and oxygen atoms in total. The summed E-state index contributed by atoms with van der Waals surface area (Å²) >= 11 is 7.20. The van der Waals surface area contributed by atoms with Gasteiger partial charge in [0, 0.05) is 22.0 Å². The van der Waals surface area contributed by atoms with Crippen molar-refractivity contribution >= 4 is 34.5 Å². The van der Waals surface area contributed by atoms with Gasteiger partial charge in [0.15, 0.2) is 0 Å². The number of carbonyl (C=O) groups is 1. The van der Waals surface area contributed by atoms with Crippen molar-refractivity contribution in [1.82, 2.24) is 0 Å². The molecule has 1 amide bonds. The summed E-state index contributed by atoms with van der Waals surface area (Å²) in [6.07, 6.45) is 0. The highest BCUT2D eigenvalue weighted by molar-refractivity contribution is 7.12. The van der Waals surface area contributed by atoms with Crippen LogP contribution in [0.2, 0.25) is 5.02 Å². The van der Waals surface area contributed by atoms with Crippen molar-refractivity contribution in [3.63, 3.8) is 0 Å². The molecule has 2 N–H and O–H groups in total. The number of nitrogens with one attached hydrogen (secondary N) is 1. The van der Waals surface area contributed by atoms with Crippen LogP contribution in [0.15, 0.2) is 29.6 Å². The molecule has 0 radical (unpaired) electrons. The summed E-state index contributed by atoms with van der Waals surface area (Å²) in [6, 6.07) is 6.63. The summed E-state index contributed by atoms with van der Waals surface area (Å²) in [6.45, 7) is -0.262. The molecule has 0 saturated carbocycles. The van der Waals surface area contributed by atoms with E-state index < -0.39 is 0 Å². The molecular weight excluding hydrogens is 310 g/mol. The van der Waals surface area contributed by atoms with Crippen LogP contribution in [0.5, 0.6) is 5.75 Å². The van der Waals surface area contributed by atoms with Gasteiger partial charge < -0.3 is 15.2 Å². The monoisotopic (exact) mass is 321 g/mol. The van der Waals surface area contributed by atoms with E-state index in [0.717, 1.165) is 0 Å². The van der Waals surface area contributed by atoms with E-state index in [4.69, 9.17) is 21.4 Å². The number of benzene rings is 1. The summed E-state index contributed by atoms with van der Waals surface area (Å²) in [7, 11) is 1.55. The molecular formula is C15H12ClNO3S. The first-order valence-electron chi connectivity index (χ1n) is 5.97. The van der Waals surface area contributed by atoms with Crippen molar-refractivity contribution in [3.8, 4) is 17.6 Å². The van der Waals surface area contributed by atoms with Gasteiger partial charge in [-0.3, -0.25) is 4.79 Å². The van der Waals surface area contributed by atoms with Crippen molar-refractivity contribution < 1.29 is 14.6 Å². The van der Waals surface area contributed by atoms with Gasteiger partial charge in [-0.05, 0) is 18.2 Å². The molecule has 1 heterocycles. The van der Waals surface area contributed by atoms with E-state index in [2.05, 4.69) is 17.2 Å². The molecule has 6 heteroatoms. The van der Waals surface area contributed by atoms with Gasteiger partial charge in [0.05, 0.1) is 17.7 Å². The molecule has 1 aromatic heterocycles. The topological polar surface area (TPSA) is 58.6 Å². The minimum absolute atomic E-state index is 0.252. The average Bonchev–Trinajstić information content (AvgIpc) is 2.96. The summed E-state index contributed by atoms with van der Waals surface area (Å²) in [5, 5.41) is 13.8. The Balaban J connectivity index is 2.24. The van der Waals surface area contributed by atoms with E-state index in [9.17, 15) is 4.79 Å². The highest BCUT2D eigenvalue weighted by Crippen LogP contribution is 2.24. The normalized spacial score (nSPS) is 9.67. The van der Waals surface area contributed by atoms with E-state index in [1.165, 1.54) is 11.3 Å². The Morgan fingerprint density at radius 2 is 2.29 bits per heavy atom. The zero-order valence-electron chi connectivity index (χ0n) is 11.1. The molecule has 2 aromatic rings. The van der Waals surface area contributed by atoms with Crippen LogP contribution in [0.25, 0.3) is 0 Å². The Hall–Kier alpha value is -2.00. The Labute approximate surface area is 131 Å². The van der Waals surface area contributed by atoms with Crippen molar-refractivity contribution in [2.45, 2.75) is 0 Å². The second-order valence-corrected chi connectivity index (χ2v) is 5.30. The molecule has 21 heavy (non-hydrogen) atoms. The minimum Gasteiger partial charge on any atom is -0.496 e. The molecule has 0 unspecified atom stereocenters. The zero-order valence-corrected chi connectivity index (χ0v) is 12.7. The number of methoxy groups -OCH3 is 1. The second kappa shape index (κ2) is 7.14. The number of aliphatic hydroxyl groups excluding tert-OH is 1. The minimum atomic E-state index is -0.262. The Morgan fingerprint density at radius 1 is 1.48 bits per heavy atom. The number of hydrogen-bond donors (Lipinski definition) is 2. The maximum Gasteiger partial charge on any atom is 0.265 e. The number of hydrogen-bond acceptors (Lipinski definition) is 4. The quantitative estimate of drug-likeness (QED) is 0.854. The van der Waals surface area contributed by atoms with Crippen LogP contribution < -0.4 is 10.1 Å². The SMILES string of the molecule is COc1csc(C(=O)Nc2ccc(Cl)cc2C#CCO)c1. The molecule has 0 atom stereocenters. The number of amides is 1. The van der Waals surface area contributed by atoms with Gasteiger partial charge in [-0.1, -0.05) is 23.4 Å². The third-order valence-corrected chi connectivity index (χ3v) is 3.71. The fourth-order valence-electron chi connectivity index (χ4n) is 1.59. The number of ether oxygens (including phenoxy) is 1. The van der Waals surface area contributed by atoms with E-state index in [1.54, 1.807) is 36.8 Å². The molecule has 0 aliphatic heterocycles. The number of carbonyl (C=O) groups excluding carboxylic acids is 1. The standard InChI is InChI=1S/C15H12ClNO3S/c1-20-12-8-14(21-9-12)15(19)17-13-5-4-11(16)7-10(13)3-2-6-18/h4-5,7-9,18H,6H2,1H3,(H,17,19). The molecule has 0 fully saturated rings. The van der Waals surface area contributed by atoms with Crippen LogP contribution in [0.4, 0.5) is 5.69 Å². The lowest BCUT2D eigenvalue weighted by atomic mass is 10.1. The number of anilines is 1. The first-order chi connectivity index (χ1) is 10.1. The van der Waals surface area contributed by atoms with Gasteiger partial charge in [-0.25, -0.2) is 0 Å². The van der Waals surface area contributed by atoms with Gasteiger partial charge in [-0.2, -0.15) is 0 Å². The van der Waals surface area contributed by atoms with Gasteiger partial charge in [0.25, 0.3) is 5.91 Å². The highest BCUT2D eigenvalue weighted by Gasteiger charge is 2.11. The van der Waals surface area contributed by atoms with E-state index in [-0.39, 0.29) is 12.5 Å². The largest absolute Gasteiger partial charge is 0.496 e. The average molecular weight is 322 g/mol. The molecule has 0 spiro atoms. The Bertz CT molecular complexity index is 715. The van der Waals surface area contributed by atoms with Crippen LogP contribution in [0, 0.1) is 11.8 Å². The molecule has 2 rings (SSSR count). The van der Waals surface area contributed by atoms with Crippen molar-refractivity contribution in [3.05, 3.63) is 45.1 Å². The summed E-state index contributed by atoms with van der Waals surface area (Å²) < 4.78 is 5.05. The van der Waals surface area contributed by atoms with Gasteiger partial charge in [0.1, 0.15) is 12.4 Å². The van der Waals surface area contributed by atoms with E-state index in [1.807, 2.05) is 0 Å². The Kier molecular flexibility index (Phi) is 5.23. The third kappa shape index (κ3) is 3.99. The number of halogens is 1. The molecule has 0 aliphatic rings. The lowest BCUT2D eigenvalue weighted by molar-refractivity contribution is 0.103. The molecule has 0 saturated heterocycles. The number of thiophene rings is 1. The van der Waals surface area contributed by atoms with Crippen LogP contribution in [0.1, 0.15) is 15.2 Å². The first-order valence-corrected chi connectivity index (χ1v) is 7.23. The summed E-state index contributed by atoms with van der Waals surface area (Å²) in [5.41, 5.74) is 1.09. The predicted octanol–water partition coefficient (Wildman–Crippen LogP) is 3.01. The second-order valence-electron chi connectivity index (χ2n) is 3.95. The molecule has 0 bridgehead atoms. The van der Waals surface area contributed by atoms with Gasteiger partial charge in [0.2, 0.25) is 0 Å². The molecule has 0 aliphatic carbocycles. The van der Waals surface area contributed by atoms with Crippen molar-refractivity contribution in [2.24, 2.45) is 0 Å². The smallest absolute Gasteiger partial charge is 0.265 e. The van der Waals surface area contributed by atoms with E-state index >= 15 is 0 Å². The van der Waals surface area contributed by atoms with Crippen LogP contribution >= 0.6 is 22.9 Å². The first kappa shape index (κ1) is 15.4. The van der Waals surface area contributed by atoms with Crippen molar-refractivity contribution in [1.29, 1.82) is 0 Å². The van der Waals surface area contributed by atoms with Crippen LogP contribution in [-0.2, 0) is 0 Å². The lowest BCUT2D eigenvalue weighted by Gasteiger charge is -2.06.